The fourth-order valence-corrected chi connectivity index (χ4v) is 7.20. The summed E-state index contributed by atoms with van der Waals surface area (Å²) in [6.45, 7) is -2.37. The van der Waals surface area contributed by atoms with Gasteiger partial charge in [-0.1, -0.05) is 178 Å². The van der Waals surface area contributed by atoms with Gasteiger partial charge in [-0.05, 0) is 54.6 Å². The van der Waals surface area contributed by atoms with E-state index in [1.807, 2.05) is 0 Å². The van der Waals surface area contributed by atoms with Crippen molar-refractivity contribution in [3.8, 4) is 22.3 Å². The molecule has 8 aromatic carbocycles. The molecule has 0 bridgehead atoms. The van der Waals surface area contributed by atoms with E-state index < -0.39 is 110 Å². The van der Waals surface area contributed by atoms with E-state index >= 15 is 0 Å². The predicted octanol–water partition coefficient (Wildman–Crippen LogP) is 5.58. The molecule has 42 heavy (non-hydrogen) atoms. The van der Waals surface area contributed by atoms with Gasteiger partial charge in [0.25, 0.3) is 0 Å². The zero-order chi connectivity index (χ0) is 43.0. The Labute approximate surface area is 271 Å². The number of hydrogen-bond acceptors (Lipinski definition) is 0. The van der Waals surface area contributed by atoms with E-state index in [1.165, 1.54) is 0 Å². The number of rotatable bonds is 2. The van der Waals surface area contributed by atoms with Crippen LogP contribution in [0.5, 0.6) is 0 Å². The summed E-state index contributed by atoms with van der Waals surface area (Å²) in [4.78, 5) is 0. The fourth-order valence-electron chi connectivity index (χ4n) is 7.20. The highest BCUT2D eigenvalue weighted by Gasteiger charge is 2.37. The highest BCUT2D eigenvalue weighted by atomic mass is 14.3. The summed E-state index contributed by atoms with van der Waals surface area (Å²) in [7, 11) is 0. The number of hydrogen-bond donors (Lipinski definition) is 0. The van der Waals surface area contributed by atoms with E-state index in [-0.39, 0.29) is 45.1 Å². The van der Waals surface area contributed by atoms with Gasteiger partial charge in [0.15, 0.2) is 0 Å². The highest BCUT2D eigenvalue weighted by Crippen LogP contribution is 2.43. The van der Waals surface area contributed by atoms with Crippen molar-refractivity contribution in [2.24, 2.45) is 0 Å². The van der Waals surface area contributed by atoms with Crippen LogP contribution in [0.3, 0.4) is 0 Å². The van der Waals surface area contributed by atoms with Crippen molar-refractivity contribution in [1.29, 1.82) is 0 Å². The number of fused-ring (bicyclic) bond motifs is 8. The van der Waals surface area contributed by atoms with Gasteiger partial charge in [0.2, 0.25) is 13.4 Å². The average Bonchev–Trinajstić information content (AvgIpc) is 3.75. The van der Waals surface area contributed by atoms with E-state index in [4.69, 9.17) is 21.9 Å². The van der Waals surface area contributed by atoms with Crippen molar-refractivity contribution in [2.75, 3.05) is 0 Å². The van der Waals surface area contributed by atoms with Crippen LogP contribution in [0.15, 0.2) is 145 Å². The van der Waals surface area contributed by atoms with Crippen LogP contribution in [0.25, 0.3) is 54.6 Å². The Hall–Kier alpha value is -5.07. The van der Waals surface area contributed by atoms with E-state index in [0.29, 0.717) is 54.4 Å². The molecule has 0 nitrogen and oxygen atoms in total. The molecular formula is C40H24B2. The number of benzene rings is 8. The molecule has 0 radical (unpaired) electrons. The van der Waals surface area contributed by atoms with Crippen LogP contribution < -0.4 is 32.8 Å². The first-order valence-corrected chi connectivity index (χ1v) is 13.5. The van der Waals surface area contributed by atoms with Crippen molar-refractivity contribution in [2.45, 2.75) is 0 Å². The summed E-state index contributed by atoms with van der Waals surface area (Å²) < 4.78 is 157. The minimum Gasteiger partial charge on any atom is -0.0686 e. The fraction of sp³-hybridized carbons (Fsp3) is 0. The normalized spacial score (nSPS) is 19.1. The van der Waals surface area contributed by atoms with Crippen molar-refractivity contribution in [3.05, 3.63) is 145 Å². The maximum atomic E-state index is 9.17. The van der Waals surface area contributed by atoms with E-state index in [2.05, 4.69) is 0 Å². The molecule has 10 rings (SSSR count). The molecule has 0 spiro atoms. The zero-order valence-electron chi connectivity index (χ0n) is 39.6. The van der Waals surface area contributed by atoms with Crippen molar-refractivity contribution >= 4 is 78.5 Å². The van der Waals surface area contributed by atoms with Gasteiger partial charge in [-0.2, -0.15) is 0 Å². The lowest BCUT2D eigenvalue weighted by atomic mass is 9.38. The Morgan fingerprint density at radius 3 is 1.26 bits per heavy atom. The molecule has 0 saturated heterocycles. The molecule has 0 atom stereocenters. The van der Waals surface area contributed by atoms with E-state index in [9.17, 15) is 2.74 Å². The third kappa shape index (κ3) is 2.84. The van der Waals surface area contributed by atoms with Gasteiger partial charge in [-0.25, -0.2) is 0 Å². The Morgan fingerprint density at radius 2 is 0.810 bits per heavy atom. The highest BCUT2D eigenvalue weighted by molar-refractivity contribution is 7.00. The van der Waals surface area contributed by atoms with Gasteiger partial charge < -0.3 is 0 Å². The average molecular weight is 544 g/mol. The van der Waals surface area contributed by atoms with Crippen LogP contribution in [0.1, 0.15) is 24.7 Å². The third-order valence-corrected chi connectivity index (χ3v) is 8.71. The topological polar surface area (TPSA) is 0 Å². The van der Waals surface area contributed by atoms with Crippen LogP contribution in [0.2, 0.25) is 0 Å². The van der Waals surface area contributed by atoms with Crippen LogP contribution >= 0.6 is 0 Å². The molecule has 0 unspecified atom stereocenters. The first-order chi connectivity index (χ1) is 28.3. The van der Waals surface area contributed by atoms with Crippen LogP contribution in [-0.4, -0.2) is 13.4 Å². The van der Waals surface area contributed by atoms with Crippen LogP contribution in [0, 0.1) is 0 Å². The van der Waals surface area contributed by atoms with Crippen molar-refractivity contribution < 1.29 is 24.7 Å². The van der Waals surface area contributed by atoms with Gasteiger partial charge in [-0.15, -0.1) is 0 Å². The van der Waals surface area contributed by atoms with Crippen LogP contribution in [-0.2, 0) is 0 Å². The van der Waals surface area contributed by atoms with Gasteiger partial charge in [0.1, 0.15) is 0 Å². The largest absolute Gasteiger partial charge is 0.242 e. The summed E-state index contributed by atoms with van der Waals surface area (Å²) in [5.74, 6) is 0. The maximum absolute atomic E-state index is 9.17. The molecular weight excluding hydrogens is 502 g/mol. The monoisotopic (exact) mass is 544 g/mol. The minimum atomic E-state index is -1.18. The quantitative estimate of drug-likeness (QED) is 0.197. The summed E-state index contributed by atoms with van der Waals surface area (Å²) in [5.41, 5.74) is 1.69. The second-order valence-corrected chi connectivity index (χ2v) is 10.6. The third-order valence-electron chi connectivity index (χ3n) is 8.71. The summed E-state index contributed by atoms with van der Waals surface area (Å²) in [6.07, 6.45) is 0. The van der Waals surface area contributed by atoms with Gasteiger partial charge in [0.05, 0.1) is 24.7 Å². The second kappa shape index (κ2) is 8.24. The first-order valence-electron chi connectivity index (χ1n) is 22.5. The summed E-state index contributed by atoms with van der Waals surface area (Å²) >= 11 is 0. The predicted molar refractivity (Wildman–Crippen MR) is 183 cm³/mol. The van der Waals surface area contributed by atoms with E-state index in [0.717, 1.165) is 0 Å². The van der Waals surface area contributed by atoms with Crippen molar-refractivity contribution in [1.82, 2.24) is 0 Å². The standard InChI is InChI=1S/C40H24B2/c1-3-11-27(12-4-1)41-33-17-9-7-15-29(33)39-31-21-20-26-24-36-40(32-22-19-25(23-35(39)41)37(31)38(26)32)30-16-8-10-18-34(30)42(36)28-13-5-2-6-14-28/h1-24H/i1D,2D,3D,4D,5D,6D,7D,8D,9D,10D,11D,12D,13D,14D,15D,16D,17D,18D. The lowest BCUT2D eigenvalue weighted by molar-refractivity contribution is 1.74. The molecule has 0 N–H and O–H groups in total. The molecule has 0 amide bonds. The summed E-state index contributed by atoms with van der Waals surface area (Å²) in [5, 5.41) is 3.52. The molecule has 0 aliphatic carbocycles. The molecule has 0 aromatic heterocycles. The molecule has 0 fully saturated rings. The molecule has 2 heteroatoms. The second-order valence-electron chi connectivity index (χ2n) is 10.6. The lowest BCUT2D eigenvalue weighted by Crippen LogP contribution is -2.48. The first kappa shape index (κ1) is 11.7. The SMILES string of the molecule is [2H]c1c([2H])c([2H])c(B2c3cc4ccc5c6c(cc7ccc(c3-c3c([2H])c([2H])c([2H])c([2H])c32)c4c75)B(c2c([2H])c([2H])c([2H])c([2H])c2[2H])c2c([2H])c([2H])c([2H])c([2H])c2-6)c([2H])c1[2H]. The Kier molecular flexibility index (Phi) is 2.29. The molecule has 190 valence electrons. The summed E-state index contributed by atoms with van der Waals surface area (Å²) in [6, 6.07) is 1.32. The van der Waals surface area contributed by atoms with Gasteiger partial charge >= 0.3 is 0 Å². The molecule has 2 aliphatic rings. The maximum Gasteiger partial charge on any atom is 0.242 e. The Morgan fingerprint density at radius 1 is 0.405 bits per heavy atom. The van der Waals surface area contributed by atoms with Gasteiger partial charge in [-0.3, -0.25) is 0 Å². The van der Waals surface area contributed by atoms with Crippen molar-refractivity contribution in [3.63, 3.8) is 0 Å². The molecule has 2 aliphatic heterocycles. The minimum absolute atomic E-state index is 0.0665. The molecule has 0 saturated carbocycles. The molecule has 2 heterocycles. The van der Waals surface area contributed by atoms with Gasteiger partial charge in [0, 0.05) is 0 Å². The van der Waals surface area contributed by atoms with E-state index in [1.54, 1.807) is 36.4 Å². The molecule has 8 aromatic rings. The Bertz CT molecular complexity index is 3100. The zero-order valence-corrected chi connectivity index (χ0v) is 21.6. The van der Waals surface area contributed by atoms with Crippen LogP contribution in [0.4, 0.5) is 0 Å². The lowest BCUT2D eigenvalue weighted by Gasteiger charge is -2.19. The smallest absolute Gasteiger partial charge is 0.0686 e. The Balaban J connectivity index is 1.37.